The molecule has 0 bridgehead atoms. The summed E-state index contributed by atoms with van der Waals surface area (Å²) in [6.07, 6.45) is -3.16. The van der Waals surface area contributed by atoms with Gasteiger partial charge in [0.25, 0.3) is 0 Å². The molecule has 2 amide bonds. The van der Waals surface area contributed by atoms with Crippen molar-refractivity contribution in [1.29, 1.82) is 0 Å². The highest BCUT2D eigenvalue weighted by Gasteiger charge is 2.35. The average molecular weight is 592 g/mol. The van der Waals surface area contributed by atoms with Crippen LogP contribution >= 0.6 is 11.6 Å². The van der Waals surface area contributed by atoms with Gasteiger partial charge >= 0.3 is 6.18 Å². The number of carbonyl (C=O) groups excluding carboxylic acids is 2. The zero-order valence-electron chi connectivity index (χ0n) is 22.4. The third-order valence-corrected chi connectivity index (χ3v) is 7.57. The van der Waals surface area contributed by atoms with Crippen LogP contribution in [-0.2, 0) is 32.3 Å². The summed E-state index contributed by atoms with van der Waals surface area (Å²) in [5, 5.41) is 2.55. The zero-order valence-corrected chi connectivity index (χ0v) is 24.0. The number of methoxy groups -OCH3 is 1. The second-order valence-corrected chi connectivity index (χ2v) is 11.4. The maximum atomic E-state index is 13.7. The molecule has 0 saturated heterocycles. The van der Waals surface area contributed by atoms with E-state index in [0.29, 0.717) is 28.1 Å². The topological polar surface area (TPSA) is 96.0 Å². The smallest absolute Gasteiger partial charge is 0.416 e. The van der Waals surface area contributed by atoms with Crippen LogP contribution in [0.5, 0.6) is 5.75 Å². The molecule has 0 aromatic heterocycles. The third-order valence-electron chi connectivity index (χ3n) is 6.12. The summed E-state index contributed by atoms with van der Waals surface area (Å²) in [5.41, 5.74) is -0.997. The summed E-state index contributed by atoms with van der Waals surface area (Å²) < 4.78 is 71.2. The number of alkyl halides is 3. The molecule has 0 unspecified atom stereocenters. The molecule has 1 N–H and O–H groups in total. The first-order valence-corrected chi connectivity index (χ1v) is 14.4. The number of carbonyl (C=O) groups is 2. The van der Waals surface area contributed by atoms with Gasteiger partial charge in [-0.3, -0.25) is 13.9 Å². The number of benzene rings is 2. The predicted molar refractivity (Wildman–Crippen MR) is 144 cm³/mol. The van der Waals surface area contributed by atoms with E-state index < -0.39 is 51.9 Å². The van der Waals surface area contributed by atoms with Gasteiger partial charge in [-0.05, 0) is 55.7 Å². The van der Waals surface area contributed by atoms with Crippen LogP contribution < -0.4 is 14.4 Å². The lowest BCUT2D eigenvalue weighted by atomic mass is 10.1. The van der Waals surface area contributed by atoms with Crippen LogP contribution in [0.15, 0.2) is 42.5 Å². The largest absolute Gasteiger partial charge is 0.497 e. The van der Waals surface area contributed by atoms with Gasteiger partial charge in [-0.15, -0.1) is 0 Å². The molecule has 0 aliphatic rings. The lowest BCUT2D eigenvalue weighted by Gasteiger charge is -2.33. The van der Waals surface area contributed by atoms with Crippen molar-refractivity contribution >= 4 is 39.1 Å². The van der Waals surface area contributed by atoms with E-state index in [9.17, 15) is 31.2 Å². The van der Waals surface area contributed by atoms with Gasteiger partial charge in [-0.25, -0.2) is 8.42 Å². The number of nitrogens with zero attached hydrogens (tertiary/aromatic N) is 2. The molecule has 0 heterocycles. The Labute approximate surface area is 232 Å². The fraction of sp³-hybridized carbons (Fsp3) is 0.462. The molecule has 0 aliphatic heterocycles. The Hall–Kier alpha value is -2.99. The van der Waals surface area contributed by atoms with Crippen LogP contribution in [0.4, 0.5) is 18.9 Å². The van der Waals surface area contributed by atoms with Crippen molar-refractivity contribution in [3.05, 3.63) is 58.6 Å². The maximum absolute atomic E-state index is 13.7. The third kappa shape index (κ3) is 8.76. The summed E-state index contributed by atoms with van der Waals surface area (Å²) >= 11 is 6.11. The Balaban J connectivity index is 2.54. The Kier molecular flexibility index (Phi) is 11.1. The van der Waals surface area contributed by atoms with Gasteiger partial charge in [0, 0.05) is 12.6 Å². The minimum absolute atomic E-state index is 0.0663. The first kappa shape index (κ1) is 32.2. The van der Waals surface area contributed by atoms with Crippen molar-refractivity contribution in [3.63, 3.8) is 0 Å². The molecule has 8 nitrogen and oxygen atoms in total. The van der Waals surface area contributed by atoms with Crippen molar-refractivity contribution in [3.8, 4) is 5.75 Å². The van der Waals surface area contributed by atoms with Crippen molar-refractivity contribution < 1.29 is 35.9 Å². The number of rotatable bonds is 12. The lowest BCUT2D eigenvalue weighted by Crippen LogP contribution is -2.53. The Morgan fingerprint density at radius 1 is 1.08 bits per heavy atom. The molecular formula is C26H33ClF3N3O5S. The molecule has 0 spiro atoms. The lowest BCUT2D eigenvalue weighted by molar-refractivity contribution is -0.140. The van der Waals surface area contributed by atoms with E-state index in [-0.39, 0.29) is 24.0 Å². The molecule has 2 rings (SSSR count). The van der Waals surface area contributed by atoms with Gasteiger partial charge in [0.1, 0.15) is 18.3 Å². The molecule has 2 atom stereocenters. The van der Waals surface area contributed by atoms with E-state index in [2.05, 4.69) is 5.32 Å². The van der Waals surface area contributed by atoms with Crippen LogP contribution in [0.2, 0.25) is 5.02 Å². The second kappa shape index (κ2) is 13.4. The first-order valence-electron chi connectivity index (χ1n) is 12.2. The van der Waals surface area contributed by atoms with Crippen LogP contribution in [0.25, 0.3) is 0 Å². The first-order chi connectivity index (χ1) is 18.1. The number of amides is 2. The van der Waals surface area contributed by atoms with Crippen LogP contribution in [0.3, 0.4) is 0 Å². The summed E-state index contributed by atoms with van der Waals surface area (Å²) in [5.74, 6) is -0.659. The van der Waals surface area contributed by atoms with Gasteiger partial charge in [0.15, 0.2) is 0 Å². The minimum Gasteiger partial charge on any atom is -0.497 e. The van der Waals surface area contributed by atoms with Crippen molar-refractivity contribution in [2.75, 3.05) is 24.2 Å². The van der Waals surface area contributed by atoms with Gasteiger partial charge in [0.2, 0.25) is 21.8 Å². The highest BCUT2D eigenvalue weighted by atomic mass is 35.5. The molecule has 0 aliphatic carbocycles. The van der Waals surface area contributed by atoms with Crippen molar-refractivity contribution in [1.82, 2.24) is 10.2 Å². The average Bonchev–Trinajstić information content (AvgIpc) is 2.86. The summed E-state index contributed by atoms with van der Waals surface area (Å²) in [4.78, 5) is 28.1. The number of hydrogen-bond donors (Lipinski definition) is 1. The van der Waals surface area contributed by atoms with E-state index in [4.69, 9.17) is 16.3 Å². The number of sulfonamides is 1. The van der Waals surface area contributed by atoms with Crippen molar-refractivity contribution in [2.24, 2.45) is 0 Å². The molecule has 2 aromatic rings. The second-order valence-electron chi connectivity index (χ2n) is 9.05. The number of halogens is 4. The van der Waals surface area contributed by atoms with Crippen LogP contribution in [-0.4, -0.2) is 57.1 Å². The fourth-order valence-electron chi connectivity index (χ4n) is 3.76. The Bertz CT molecular complexity index is 1260. The highest BCUT2D eigenvalue weighted by Crippen LogP contribution is 2.36. The van der Waals surface area contributed by atoms with E-state index in [1.165, 1.54) is 12.0 Å². The minimum atomic E-state index is -4.77. The van der Waals surface area contributed by atoms with E-state index in [1.807, 2.05) is 6.92 Å². The summed E-state index contributed by atoms with van der Waals surface area (Å²) in [7, 11) is -2.78. The quantitative estimate of drug-likeness (QED) is 0.380. The molecule has 13 heteroatoms. The number of hydrogen-bond acceptors (Lipinski definition) is 5. The number of anilines is 1. The van der Waals surface area contributed by atoms with Gasteiger partial charge in [0.05, 0.1) is 29.6 Å². The van der Waals surface area contributed by atoms with Crippen molar-refractivity contribution in [2.45, 2.75) is 58.4 Å². The van der Waals surface area contributed by atoms with Gasteiger partial charge in [-0.2, -0.15) is 13.2 Å². The SMILES string of the molecule is CC[C@@H](C)NC(=O)[C@@H](CC)N(Cc1ccc(OC)cc1)C(=O)CN(c1cc(C(F)(F)F)ccc1Cl)S(C)(=O)=O. The van der Waals surface area contributed by atoms with Crippen LogP contribution in [0, 0.1) is 0 Å². The molecule has 2 aromatic carbocycles. The van der Waals surface area contributed by atoms with Crippen LogP contribution in [0.1, 0.15) is 44.7 Å². The Morgan fingerprint density at radius 3 is 2.18 bits per heavy atom. The van der Waals surface area contributed by atoms with E-state index in [1.54, 1.807) is 38.1 Å². The van der Waals surface area contributed by atoms with E-state index in [0.717, 1.165) is 18.4 Å². The summed E-state index contributed by atoms with van der Waals surface area (Å²) in [6.45, 7) is 4.45. The maximum Gasteiger partial charge on any atom is 0.416 e. The Morgan fingerprint density at radius 2 is 1.69 bits per heavy atom. The number of nitrogens with one attached hydrogen (secondary N) is 1. The predicted octanol–water partition coefficient (Wildman–Crippen LogP) is 4.86. The normalized spacial score (nSPS) is 13.4. The summed E-state index contributed by atoms with van der Waals surface area (Å²) in [6, 6.07) is 7.78. The molecule has 0 saturated carbocycles. The van der Waals surface area contributed by atoms with Gasteiger partial charge < -0.3 is 15.0 Å². The van der Waals surface area contributed by atoms with E-state index >= 15 is 0 Å². The number of ether oxygens (including phenoxy) is 1. The fourth-order valence-corrected chi connectivity index (χ4v) is 4.89. The molecular weight excluding hydrogens is 559 g/mol. The molecule has 0 fully saturated rings. The van der Waals surface area contributed by atoms with Gasteiger partial charge in [-0.1, -0.05) is 37.6 Å². The standard InChI is InChI=1S/C26H33ClF3N3O5S/c1-6-17(3)31-25(35)22(7-2)32(15-18-8-11-20(38-4)12-9-18)24(34)16-33(39(5,36)37)23-14-19(26(28,29)30)10-13-21(23)27/h8-14,17,22H,6-7,15-16H2,1-5H3,(H,31,35)/t17-,22-/m1/s1. The molecule has 39 heavy (non-hydrogen) atoms. The molecule has 0 radical (unpaired) electrons. The zero-order chi connectivity index (χ0) is 29.5. The monoisotopic (exact) mass is 591 g/mol. The molecule has 216 valence electrons. The highest BCUT2D eigenvalue weighted by molar-refractivity contribution is 7.92.